The molecule has 0 unspecified atom stereocenters. The highest BCUT2D eigenvalue weighted by molar-refractivity contribution is 5.69. The average molecular weight is 172 g/mol. The van der Waals surface area contributed by atoms with Gasteiger partial charge in [-0.25, -0.2) is 0 Å². The van der Waals surface area contributed by atoms with Gasteiger partial charge in [-0.3, -0.25) is 4.79 Å². The van der Waals surface area contributed by atoms with E-state index >= 15 is 0 Å². The van der Waals surface area contributed by atoms with Crippen molar-refractivity contribution < 1.29 is 19.4 Å². The molecule has 0 saturated heterocycles. The van der Waals surface area contributed by atoms with Crippen LogP contribution in [0.1, 0.15) is 12.8 Å². The molecule has 0 aliphatic carbocycles. The molecular weight excluding hydrogens is 160 g/mol. The Kier molecular flexibility index (Phi) is 3.60. The van der Waals surface area contributed by atoms with Gasteiger partial charge in [0.15, 0.2) is 0 Å². The Morgan fingerprint density at radius 3 is 3.08 bits per heavy atom. The van der Waals surface area contributed by atoms with Gasteiger partial charge in [-0.05, 0) is 12.5 Å². The number of carbonyl (C=O) groups is 1. The molecule has 1 heterocycles. The molecule has 68 valence electrons. The molecule has 1 aliphatic rings. The first kappa shape index (κ1) is 9.06. The van der Waals surface area contributed by atoms with Gasteiger partial charge in [0.05, 0.1) is 13.2 Å². The first-order valence-electron chi connectivity index (χ1n) is 3.90. The predicted molar refractivity (Wildman–Crippen MR) is 41.7 cm³/mol. The van der Waals surface area contributed by atoms with Gasteiger partial charge in [0, 0.05) is 0 Å². The van der Waals surface area contributed by atoms with Gasteiger partial charge in [0.25, 0.3) is 0 Å². The fourth-order valence-corrected chi connectivity index (χ4v) is 0.968. The van der Waals surface area contributed by atoms with E-state index in [-0.39, 0.29) is 6.42 Å². The van der Waals surface area contributed by atoms with E-state index in [0.717, 1.165) is 6.42 Å². The monoisotopic (exact) mass is 172 g/mol. The second kappa shape index (κ2) is 4.77. The van der Waals surface area contributed by atoms with E-state index < -0.39 is 5.97 Å². The largest absolute Gasteiger partial charge is 0.495 e. The maximum atomic E-state index is 10.3. The summed E-state index contributed by atoms with van der Waals surface area (Å²) in [6.07, 6.45) is 2.47. The summed E-state index contributed by atoms with van der Waals surface area (Å²) in [5, 5.41) is 8.48. The molecule has 0 saturated carbocycles. The van der Waals surface area contributed by atoms with Crippen molar-refractivity contribution in [3.63, 3.8) is 0 Å². The van der Waals surface area contributed by atoms with E-state index in [2.05, 4.69) is 0 Å². The van der Waals surface area contributed by atoms with Crippen LogP contribution < -0.4 is 0 Å². The number of carboxylic acid groups (broad SMARTS) is 1. The molecule has 0 spiro atoms. The molecule has 1 N–H and O–H groups in total. The summed E-state index contributed by atoms with van der Waals surface area (Å²) in [4.78, 5) is 10.3. The van der Waals surface area contributed by atoms with Crippen molar-refractivity contribution >= 4 is 5.97 Å². The van der Waals surface area contributed by atoms with E-state index in [1.165, 1.54) is 0 Å². The maximum absolute atomic E-state index is 10.3. The zero-order chi connectivity index (χ0) is 8.81. The Hall–Kier alpha value is -1.03. The fraction of sp³-hybridized carbons (Fsp3) is 0.625. The summed E-state index contributed by atoms with van der Waals surface area (Å²) in [6.45, 7) is 1.63. The lowest BCUT2D eigenvalue weighted by atomic mass is 10.3. The van der Waals surface area contributed by atoms with Crippen LogP contribution in [0.3, 0.4) is 0 Å². The van der Waals surface area contributed by atoms with Crippen molar-refractivity contribution in [1.29, 1.82) is 0 Å². The highest BCUT2D eigenvalue weighted by atomic mass is 16.5. The van der Waals surface area contributed by atoms with Crippen molar-refractivity contribution in [2.45, 2.75) is 12.8 Å². The van der Waals surface area contributed by atoms with E-state index in [9.17, 15) is 4.79 Å². The van der Waals surface area contributed by atoms with Crippen LogP contribution in [0.25, 0.3) is 0 Å². The maximum Gasteiger partial charge on any atom is 0.311 e. The summed E-state index contributed by atoms with van der Waals surface area (Å²) in [5.74, 6) is -0.312. The third kappa shape index (κ3) is 3.39. The van der Waals surface area contributed by atoms with Gasteiger partial charge in [0.1, 0.15) is 18.8 Å². The molecule has 12 heavy (non-hydrogen) atoms. The number of hydrogen-bond acceptors (Lipinski definition) is 3. The second-order valence-corrected chi connectivity index (χ2v) is 2.49. The van der Waals surface area contributed by atoms with Gasteiger partial charge in [0.2, 0.25) is 0 Å². The van der Waals surface area contributed by atoms with Crippen LogP contribution in [-0.4, -0.2) is 30.9 Å². The average Bonchev–Trinajstić information content (AvgIpc) is 1.93. The van der Waals surface area contributed by atoms with Crippen LogP contribution >= 0.6 is 0 Å². The zero-order valence-corrected chi connectivity index (χ0v) is 6.78. The van der Waals surface area contributed by atoms with E-state index in [0.29, 0.717) is 25.6 Å². The Balaban J connectivity index is 2.41. The number of rotatable bonds is 2. The summed E-state index contributed by atoms with van der Waals surface area (Å²) in [5.41, 5.74) is 0. The number of ether oxygens (including phenoxy) is 2. The molecule has 0 fully saturated rings. The Bertz CT molecular complexity index is 185. The molecule has 0 radical (unpaired) electrons. The number of aliphatic carboxylic acids is 1. The van der Waals surface area contributed by atoms with Crippen molar-refractivity contribution in [1.82, 2.24) is 0 Å². The molecule has 0 aromatic carbocycles. The summed E-state index contributed by atoms with van der Waals surface area (Å²) in [6, 6.07) is 0. The van der Waals surface area contributed by atoms with Gasteiger partial charge in [-0.2, -0.15) is 0 Å². The van der Waals surface area contributed by atoms with Gasteiger partial charge >= 0.3 is 5.97 Å². The molecule has 1 rings (SSSR count). The number of hydrogen-bond donors (Lipinski definition) is 1. The second-order valence-electron chi connectivity index (χ2n) is 2.49. The molecule has 1 aliphatic heterocycles. The van der Waals surface area contributed by atoms with Crippen molar-refractivity contribution in [3.8, 4) is 0 Å². The lowest BCUT2D eigenvalue weighted by Crippen LogP contribution is -2.10. The van der Waals surface area contributed by atoms with Gasteiger partial charge < -0.3 is 14.6 Å². The quantitative estimate of drug-likeness (QED) is 0.668. The van der Waals surface area contributed by atoms with Gasteiger partial charge in [-0.1, -0.05) is 0 Å². The third-order valence-corrected chi connectivity index (χ3v) is 1.47. The highest BCUT2D eigenvalue weighted by Crippen LogP contribution is 2.07. The minimum atomic E-state index is -0.859. The summed E-state index contributed by atoms with van der Waals surface area (Å²) in [7, 11) is 0. The summed E-state index contributed by atoms with van der Waals surface area (Å²) < 4.78 is 10.3. The minimum absolute atomic E-state index is 0.0278. The molecule has 0 aromatic rings. The molecule has 0 aromatic heterocycles. The standard InChI is InChI=1S/C8H12O4/c9-8(10)6-7-2-1-3-11-4-5-12-7/h2H,1,3-6H2,(H,9,10)/b7-2-. The van der Waals surface area contributed by atoms with Crippen LogP contribution in [0.15, 0.2) is 11.8 Å². The van der Waals surface area contributed by atoms with E-state index in [1.54, 1.807) is 6.08 Å². The van der Waals surface area contributed by atoms with Crippen LogP contribution in [-0.2, 0) is 14.3 Å². The third-order valence-electron chi connectivity index (χ3n) is 1.47. The van der Waals surface area contributed by atoms with Crippen LogP contribution in [0.4, 0.5) is 0 Å². The lowest BCUT2D eigenvalue weighted by Gasteiger charge is -2.12. The minimum Gasteiger partial charge on any atom is -0.495 e. The zero-order valence-electron chi connectivity index (χ0n) is 6.78. The summed E-state index contributed by atoms with van der Waals surface area (Å²) >= 11 is 0. The van der Waals surface area contributed by atoms with Crippen LogP contribution in [0.5, 0.6) is 0 Å². The Morgan fingerprint density at radius 1 is 1.50 bits per heavy atom. The van der Waals surface area contributed by atoms with Crippen molar-refractivity contribution in [3.05, 3.63) is 11.8 Å². The molecule has 4 nitrogen and oxygen atoms in total. The fourth-order valence-electron chi connectivity index (χ4n) is 0.968. The van der Waals surface area contributed by atoms with Crippen LogP contribution in [0, 0.1) is 0 Å². The SMILES string of the molecule is O=C(O)C/C1=C/CCOCCO1. The Morgan fingerprint density at radius 2 is 2.33 bits per heavy atom. The molecular formula is C8H12O4. The normalized spacial score (nSPS) is 22.8. The van der Waals surface area contributed by atoms with Crippen molar-refractivity contribution in [2.75, 3.05) is 19.8 Å². The lowest BCUT2D eigenvalue weighted by molar-refractivity contribution is -0.137. The first-order chi connectivity index (χ1) is 5.79. The molecule has 0 bridgehead atoms. The smallest absolute Gasteiger partial charge is 0.311 e. The molecule has 4 heteroatoms. The predicted octanol–water partition coefficient (Wildman–Crippen LogP) is 0.782. The number of carboxylic acids is 1. The molecule has 0 amide bonds. The molecule has 0 atom stereocenters. The van der Waals surface area contributed by atoms with Gasteiger partial charge in [-0.15, -0.1) is 0 Å². The topological polar surface area (TPSA) is 55.8 Å². The van der Waals surface area contributed by atoms with E-state index in [1.807, 2.05) is 0 Å². The first-order valence-corrected chi connectivity index (χ1v) is 3.90. The van der Waals surface area contributed by atoms with Crippen LogP contribution in [0.2, 0.25) is 0 Å². The van der Waals surface area contributed by atoms with Crippen molar-refractivity contribution in [2.24, 2.45) is 0 Å². The highest BCUT2D eigenvalue weighted by Gasteiger charge is 2.06. The van der Waals surface area contributed by atoms with E-state index in [4.69, 9.17) is 14.6 Å². The Labute approximate surface area is 70.8 Å².